The van der Waals surface area contributed by atoms with Crippen LogP contribution >= 0.6 is 0 Å². The number of carbonyl (C=O) groups excluding carboxylic acids is 1. The molecule has 1 heterocycles. The molecule has 1 aliphatic rings. The smallest absolute Gasteiger partial charge is 0.332 e. The van der Waals surface area contributed by atoms with Gasteiger partial charge in [-0.25, -0.2) is 9.59 Å². The van der Waals surface area contributed by atoms with Crippen LogP contribution < -0.4 is 10.6 Å². The molecule has 19 heavy (non-hydrogen) atoms. The van der Waals surface area contributed by atoms with Gasteiger partial charge in [0.1, 0.15) is 0 Å². The van der Waals surface area contributed by atoms with E-state index in [4.69, 9.17) is 10.2 Å². The fourth-order valence-corrected chi connectivity index (χ4v) is 2.01. The molecule has 0 aromatic rings. The molecule has 0 radical (unpaired) electrons. The van der Waals surface area contributed by atoms with Crippen molar-refractivity contribution in [3.05, 3.63) is 0 Å². The van der Waals surface area contributed by atoms with Crippen molar-refractivity contribution in [3.63, 3.8) is 0 Å². The van der Waals surface area contributed by atoms with Crippen LogP contribution in [0.5, 0.6) is 0 Å². The number of aliphatic carboxylic acids is 1. The summed E-state index contributed by atoms with van der Waals surface area (Å²) in [7, 11) is 2.09. The number of nitrogens with zero attached hydrogens (tertiary/aromatic N) is 1. The summed E-state index contributed by atoms with van der Waals surface area (Å²) in [4.78, 5) is 24.1. The number of amides is 2. The maximum Gasteiger partial charge on any atom is 0.332 e. The number of carbonyl (C=O) groups is 2. The molecule has 4 N–H and O–H groups in total. The van der Waals surface area contributed by atoms with Gasteiger partial charge in [0.2, 0.25) is 0 Å². The highest BCUT2D eigenvalue weighted by Gasteiger charge is 2.17. The lowest BCUT2D eigenvalue weighted by Crippen LogP contribution is -2.42. The maximum absolute atomic E-state index is 11.4. The Kier molecular flexibility index (Phi) is 6.58. The molecule has 110 valence electrons. The highest BCUT2D eigenvalue weighted by atomic mass is 16.4. The summed E-state index contributed by atoms with van der Waals surface area (Å²) >= 11 is 0. The van der Waals surface area contributed by atoms with Crippen molar-refractivity contribution in [2.45, 2.75) is 25.4 Å². The number of likely N-dealkylation sites (tertiary alicyclic amines) is 1. The van der Waals surface area contributed by atoms with Gasteiger partial charge in [0.05, 0.1) is 0 Å². The molecule has 7 heteroatoms. The second-order valence-electron chi connectivity index (χ2n) is 5.03. The number of piperidine rings is 1. The van der Waals surface area contributed by atoms with E-state index >= 15 is 0 Å². The second-order valence-corrected chi connectivity index (χ2v) is 5.03. The fraction of sp³-hybridized carbons (Fsp3) is 0.833. The van der Waals surface area contributed by atoms with E-state index in [0.717, 1.165) is 25.9 Å². The normalized spacial score (nSPS) is 18.8. The molecule has 1 atom stereocenters. The summed E-state index contributed by atoms with van der Waals surface area (Å²) in [5.74, 6) is -0.764. The number of urea groups is 1. The third-order valence-corrected chi connectivity index (χ3v) is 3.38. The first-order valence-electron chi connectivity index (χ1n) is 6.60. The molecular weight excluding hydrogens is 250 g/mol. The summed E-state index contributed by atoms with van der Waals surface area (Å²) < 4.78 is 0. The highest BCUT2D eigenvalue weighted by molar-refractivity contribution is 5.74. The van der Waals surface area contributed by atoms with Crippen LogP contribution in [-0.4, -0.2) is 66.4 Å². The molecule has 2 amide bonds. The minimum absolute atomic E-state index is 0.0109. The van der Waals surface area contributed by atoms with E-state index in [9.17, 15) is 9.59 Å². The highest BCUT2D eigenvalue weighted by Crippen LogP contribution is 2.14. The van der Waals surface area contributed by atoms with Crippen LogP contribution in [-0.2, 0) is 4.79 Å². The van der Waals surface area contributed by atoms with Crippen LogP contribution in [0.3, 0.4) is 0 Å². The Hall–Kier alpha value is -1.34. The van der Waals surface area contributed by atoms with Crippen LogP contribution in [0.25, 0.3) is 0 Å². The van der Waals surface area contributed by atoms with Crippen molar-refractivity contribution in [2.75, 3.05) is 33.2 Å². The third kappa shape index (κ3) is 6.40. The average Bonchev–Trinajstić information content (AvgIpc) is 2.37. The van der Waals surface area contributed by atoms with E-state index in [1.165, 1.54) is 0 Å². The Morgan fingerprint density at radius 2 is 1.95 bits per heavy atom. The molecule has 0 aromatic carbocycles. The summed E-state index contributed by atoms with van der Waals surface area (Å²) in [5.41, 5.74) is 0. The zero-order valence-corrected chi connectivity index (χ0v) is 11.3. The monoisotopic (exact) mass is 273 g/mol. The predicted octanol–water partition coefficient (Wildman–Crippen LogP) is -0.537. The number of hydrogen-bond donors (Lipinski definition) is 4. The van der Waals surface area contributed by atoms with Gasteiger partial charge in [0.15, 0.2) is 6.10 Å². The largest absolute Gasteiger partial charge is 0.479 e. The maximum atomic E-state index is 11.4. The van der Waals surface area contributed by atoms with Crippen molar-refractivity contribution in [1.82, 2.24) is 15.5 Å². The second kappa shape index (κ2) is 7.96. The number of hydrogen-bond acceptors (Lipinski definition) is 4. The lowest BCUT2D eigenvalue weighted by molar-refractivity contribution is -0.146. The van der Waals surface area contributed by atoms with Gasteiger partial charge in [-0.15, -0.1) is 0 Å². The van der Waals surface area contributed by atoms with E-state index in [1.54, 1.807) is 0 Å². The zero-order valence-electron chi connectivity index (χ0n) is 11.3. The van der Waals surface area contributed by atoms with Gasteiger partial charge in [-0.05, 0) is 38.9 Å². The topological polar surface area (TPSA) is 102 Å². The fourth-order valence-electron chi connectivity index (χ4n) is 2.01. The summed E-state index contributed by atoms with van der Waals surface area (Å²) in [5, 5.41) is 22.8. The molecule has 1 fully saturated rings. The Bertz CT molecular complexity index is 303. The van der Waals surface area contributed by atoms with Crippen molar-refractivity contribution >= 4 is 12.0 Å². The van der Waals surface area contributed by atoms with E-state index < -0.39 is 12.1 Å². The lowest BCUT2D eigenvalue weighted by Gasteiger charge is -2.28. The van der Waals surface area contributed by atoms with Gasteiger partial charge < -0.3 is 25.7 Å². The molecule has 0 spiro atoms. The van der Waals surface area contributed by atoms with E-state index in [1.807, 2.05) is 0 Å². The van der Waals surface area contributed by atoms with Gasteiger partial charge in [0, 0.05) is 19.5 Å². The molecule has 1 aliphatic heterocycles. The Balaban J connectivity index is 2.06. The van der Waals surface area contributed by atoms with Gasteiger partial charge in [-0.1, -0.05) is 0 Å². The molecule has 1 unspecified atom stereocenters. The van der Waals surface area contributed by atoms with E-state index in [0.29, 0.717) is 12.5 Å². The van der Waals surface area contributed by atoms with Crippen molar-refractivity contribution < 1.29 is 19.8 Å². The van der Waals surface area contributed by atoms with Crippen LogP contribution in [0.15, 0.2) is 0 Å². The first kappa shape index (κ1) is 15.7. The number of rotatable bonds is 6. The van der Waals surface area contributed by atoms with Crippen molar-refractivity contribution in [1.29, 1.82) is 0 Å². The number of nitrogens with one attached hydrogen (secondary N) is 2. The first-order valence-corrected chi connectivity index (χ1v) is 6.60. The first-order chi connectivity index (χ1) is 8.99. The number of aliphatic hydroxyl groups is 1. The standard InChI is InChI=1S/C12H23N3O4/c1-15-6-3-9(4-7-15)8-14-12(19)13-5-2-10(16)11(17)18/h9-10,16H,2-8H2,1H3,(H,17,18)(H2,13,14,19). The SMILES string of the molecule is CN1CCC(CNC(=O)NCCC(O)C(=O)O)CC1. The number of carboxylic acid groups (broad SMARTS) is 1. The molecule has 7 nitrogen and oxygen atoms in total. The van der Waals surface area contributed by atoms with Crippen LogP contribution in [0, 0.1) is 5.92 Å². The predicted molar refractivity (Wildman–Crippen MR) is 69.9 cm³/mol. The minimum Gasteiger partial charge on any atom is -0.479 e. The zero-order chi connectivity index (χ0) is 14.3. The summed E-state index contributed by atoms with van der Waals surface area (Å²) in [6.07, 6.45) is 0.745. The van der Waals surface area contributed by atoms with Gasteiger partial charge in [0.25, 0.3) is 0 Å². The lowest BCUT2D eigenvalue weighted by atomic mass is 9.97. The average molecular weight is 273 g/mol. The molecule has 0 saturated carbocycles. The van der Waals surface area contributed by atoms with Gasteiger partial charge >= 0.3 is 12.0 Å². The van der Waals surface area contributed by atoms with Gasteiger partial charge in [-0.2, -0.15) is 0 Å². The molecular formula is C12H23N3O4. The summed E-state index contributed by atoms with van der Waals surface area (Å²) in [6, 6.07) is -0.309. The molecule has 0 aliphatic carbocycles. The quantitative estimate of drug-likeness (QED) is 0.521. The molecule has 1 saturated heterocycles. The van der Waals surface area contributed by atoms with E-state index in [-0.39, 0.29) is 19.0 Å². The van der Waals surface area contributed by atoms with Crippen LogP contribution in [0.2, 0.25) is 0 Å². The number of aliphatic hydroxyl groups excluding tert-OH is 1. The van der Waals surface area contributed by atoms with Crippen LogP contribution in [0.4, 0.5) is 4.79 Å². The minimum atomic E-state index is -1.42. The Morgan fingerprint density at radius 1 is 1.32 bits per heavy atom. The van der Waals surface area contributed by atoms with Crippen LogP contribution in [0.1, 0.15) is 19.3 Å². The third-order valence-electron chi connectivity index (χ3n) is 3.38. The molecule has 1 rings (SSSR count). The Morgan fingerprint density at radius 3 is 2.53 bits per heavy atom. The number of carboxylic acids is 1. The van der Waals surface area contributed by atoms with Gasteiger partial charge in [-0.3, -0.25) is 0 Å². The summed E-state index contributed by atoms with van der Waals surface area (Å²) in [6.45, 7) is 2.89. The molecule has 0 bridgehead atoms. The molecule has 0 aromatic heterocycles. The van der Waals surface area contributed by atoms with Crippen molar-refractivity contribution in [3.8, 4) is 0 Å². The van der Waals surface area contributed by atoms with E-state index in [2.05, 4.69) is 22.6 Å². The Labute approximate surface area is 113 Å². The van der Waals surface area contributed by atoms with Crippen molar-refractivity contribution in [2.24, 2.45) is 5.92 Å².